The van der Waals surface area contributed by atoms with E-state index in [1.807, 2.05) is 0 Å². The van der Waals surface area contributed by atoms with Gasteiger partial charge in [0.25, 0.3) is 0 Å². The Labute approximate surface area is 227 Å². The van der Waals surface area contributed by atoms with Gasteiger partial charge in [-0.1, -0.05) is 91.5 Å². The molecule has 2 nitrogen and oxygen atoms in total. The van der Waals surface area contributed by atoms with Crippen LogP contribution in [-0.4, -0.2) is 9.97 Å². The molecule has 1 aliphatic carbocycles. The average molecular weight is 596 g/mol. The molecule has 176 valence electrons. The predicted octanol–water partition coefficient (Wildman–Crippen LogP) is 9.46. The second-order valence-electron chi connectivity index (χ2n) is 9.97. The van der Waals surface area contributed by atoms with Crippen molar-refractivity contribution in [1.29, 1.82) is 0 Å². The maximum atomic E-state index is 3.88. The van der Waals surface area contributed by atoms with Crippen molar-refractivity contribution in [2.45, 2.75) is 25.7 Å². The maximum absolute atomic E-state index is 3.88. The van der Waals surface area contributed by atoms with Crippen molar-refractivity contribution in [3.63, 3.8) is 0 Å². The molecular weight excluding hydrogens is 572 g/mol. The lowest BCUT2D eigenvalue weighted by atomic mass is 9.72. The molecule has 4 heteroatoms. The van der Waals surface area contributed by atoms with Crippen LogP contribution < -0.4 is 0 Å². The third-order valence-corrected chi connectivity index (χ3v) is 8.63. The Balaban J connectivity index is 1.63. The lowest BCUT2D eigenvalue weighted by Crippen LogP contribution is -2.19. The second kappa shape index (κ2) is 8.22. The fraction of sp³-hybridized carbons (Fsp3) is 0.125. The highest BCUT2D eigenvalue weighted by molar-refractivity contribution is 9.10. The zero-order chi connectivity index (χ0) is 24.6. The zero-order valence-corrected chi connectivity index (χ0v) is 23.2. The van der Waals surface area contributed by atoms with Crippen LogP contribution in [0.3, 0.4) is 0 Å². The van der Waals surface area contributed by atoms with Gasteiger partial charge in [0, 0.05) is 42.1 Å². The number of H-pyrrole nitrogens is 2. The van der Waals surface area contributed by atoms with Gasteiger partial charge in [-0.2, -0.15) is 0 Å². The molecule has 36 heavy (non-hydrogen) atoms. The first-order valence-electron chi connectivity index (χ1n) is 12.2. The number of fused-ring (bicyclic) bond motifs is 6. The van der Waals surface area contributed by atoms with Crippen molar-refractivity contribution in [2.24, 2.45) is 0 Å². The Morgan fingerprint density at radius 3 is 1.31 bits per heavy atom. The average Bonchev–Trinajstić information content (AvgIpc) is 3.42. The fourth-order valence-electron chi connectivity index (χ4n) is 5.96. The van der Waals surface area contributed by atoms with Gasteiger partial charge in [-0.15, -0.1) is 0 Å². The van der Waals surface area contributed by atoms with Gasteiger partial charge in [-0.25, -0.2) is 0 Å². The largest absolute Gasteiger partial charge is 0.357 e. The van der Waals surface area contributed by atoms with Crippen molar-refractivity contribution in [3.05, 3.63) is 139 Å². The summed E-state index contributed by atoms with van der Waals surface area (Å²) in [4.78, 5) is 7.76. The van der Waals surface area contributed by atoms with Gasteiger partial charge in [-0.3, -0.25) is 0 Å². The molecule has 2 unspecified atom stereocenters. The van der Waals surface area contributed by atoms with E-state index in [0.29, 0.717) is 0 Å². The summed E-state index contributed by atoms with van der Waals surface area (Å²) in [7, 11) is 0. The smallest absolute Gasteiger partial charge is 0.0518 e. The monoisotopic (exact) mass is 594 g/mol. The number of nitrogens with one attached hydrogen (secondary N) is 2. The molecule has 0 spiro atoms. The van der Waals surface area contributed by atoms with Crippen LogP contribution in [0.5, 0.6) is 0 Å². The molecule has 7 rings (SSSR count). The predicted molar refractivity (Wildman–Crippen MR) is 156 cm³/mol. The summed E-state index contributed by atoms with van der Waals surface area (Å²) in [5, 5.41) is 2.54. The Kier molecular flexibility index (Phi) is 5.06. The summed E-state index contributed by atoms with van der Waals surface area (Å²) in [6.45, 7) is 4.30. The second-order valence-corrected chi connectivity index (χ2v) is 11.8. The number of aryl methyl sites for hydroxylation is 2. The normalized spacial score (nSPS) is 16.9. The zero-order valence-electron chi connectivity index (χ0n) is 20.0. The molecule has 4 aromatic carbocycles. The van der Waals surface area contributed by atoms with Gasteiger partial charge in [0.2, 0.25) is 0 Å². The Hall–Kier alpha value is -3.08. The van der Waals surface area contributed by atoms with E-state index in [4.69, 9.17) is 0 Å². The summed E-state index contributed by atoms with van der Waals surface area (Å²) in [6, 6.07) is 31.2. The molecule has 0 saturated heterocycles. The molecule has 0 amide bonds. The third-order valence-electron chi connectivity index (χ3n) is 7.64. The molecule has 0 aliphatic heterocycles. The van der Waals surface area contributed by atoms with Gasteiger partial charge in [-0.05, 0) is 72.5 Å². The van der Waals surface area contributed by atoms with E-state index >= 15 is 0 Å². The number of hydrogen-bond acceptors (Lipinski definition) is 0. The summed E-state index contributed by atoms with van der Waals surface area (Å²) < 4.78 is 2.19. The molecule has 2 N–H and O–H groups in total. The van der Waals surface area contributed by atoms with Crippen LogP contribution in [-0.2, 0) is 0 Å². The summed E-state index contributed by atoms with van der Waals surface area (Å²) in [6.07, 6.45) is 0. The summed E-state index contributed by atoms with van der Waals surface area (Å²) in [5.74, 6) is 0.207. The number of benzene rings is 4. The molecule has 6 aromatic rings. The number of aromatic nitrogens is 2. The van der Waals surface area contributed by atoms with Crippen molar-refractivity contribution < 1.29 is 0 Å². The highest BCUT2D eigenvalue weighted by Gasteiger charge is 2.39. The minimum Gasteiger partial charge on any atom is -0.357 e. The number of hydrogen-bond donors (Lipinski definition) is 2. The maximum Gasteiger partial charge on any atom is 0.0518 e. The SMILES string of the molecule is Cc1ccc(C2c3[nH]c4ccc(Br)cc4c3C(c3ccc(C)cc3)c3[nH]c4ccc(Br)cc4c32)cc1. The molecule has 0 saturated carbocycles. The molecule has 2 atom stereocenters. The highest BCUT2D eigenvalue weighted by atomic mass is 79.9. The first-order valence-corrected chi connectivity index (χ1v) is 13.8. The minimum atomic E-state index is 0.103. The van der Waals surface area contributed by atoms with Crippen LogP contribution in [0.4, 0.5) is 0 Å². The summed E-state index contributed by atoms with van der Waals surface area (Å²) in [5.41, 5.74) is 12.8. The lowest BCUT2D eigenvalue weighted by Gasteiger charge is -2.31. The first-order chi connectivity index (χ1) is 17.5. The first kappa shape index (κ1) is 22.1. The number of aromatic amines is 2. The van der Waals surface area contributed by atoms with Gasteiger partial charge in [0.15, 0.2) is 0 Å². The van der Waals surface area contributed by atoms with Crippen LogP contribution in [0.2, 0.25) is 0 Å². The molecule has 0 fully saturated rings. The molecule has 2 aromatic heterocycles. The Bertz CT molecular complexity index is 1640. The van der Waals surface area contributed by atoms with Crippen LogP contribution in [0, 0.1) is 13.8 Å². The lowest BCUT2D eigenvalue weighted by molar-refractivity contribution is 0.801. The van der Waals surface area contributed by atoms with Crippen LogP contribution in [0.25, 0.3) is 21.8 Å². The fourth-order valence-corrected chi connectivity index (χ4v) is 6.68. The molecule has 0 bridgehead atoms. The number of rotatable bonds is 2. The van der Waals surface area contributed by atoms with E-state index in [9.17, 15) is 0 Å². The third kappa shape index (κ3) is 3.35. The van der Waals surface area contributed by atoms with E-state index in [0.717, 1.165) is 8.95 Å². The quantitative estimate of drug-likeness (QED) is 0.199. The van der Waals surface area contributed by atoms with Gasteiger partial charge < -0.3 is 9.97 Å². The molecule has 2 heterocycles. The Morgan fingerprint density at radius 1 is 0.528 bits per heavy atom. The molecule has 1 aliphatic rings. The van der Waals surface area contributed by atoms with Crippen molar-refractivity contribution in [3.8, 4) is 0 Å². The Morgan fingerprint density at radius 2 is 0.917 bits per heavy atom. The highest BCUT2D eigenvalue weighted by Crippen LogP contribution is 2.53. The molecular formula is C32H24Br2N2. The van der Waals surface area contributed by atoms with Crippen LogP contribution in [0.15, 0.2) is 93.9 Å². The van der Waals surface area contributed by atoms with E-state index < -0.39 is 0 Å². The van der Waals surface area contributed by atoms with Crippen LogP contribution in [0.1, 0.15) is 56.6 Å². The van der Waals surface area contributed by atoms with Gasteiger partial charge in [0.1, 0.15) is 0 Å². The van der Waals surface area contributed by atoms with E-state index in [2.05, 4.69) is 141 Å². The summed E-state index contributed by atoms with van der Waals surface area (Å²) >= 11 is 7.48. The number of halogens is 2. The van der Waals surface area contributed by atoms with E-state index in [1.54, 1.807) is 0 Å². The van der Waals surface area contributed by atoms with Crippen molar-refractivity contribution >= 4 is 53.7 Å². The van der Waals surface area contributed by atoms with Crippen molar-refractivity contribution in [2.75, 3.05) is 0 Å². The minimum absolute atomic E-state index is 0.103. The standard InChI is InChI=1S/C32H24Br2N2/c1-17-3-7-19(8-4-17)27-29-23-15-21(33)11-13-25(23)36-32(29)28(20-9-5-18(2)6-10-20)30-24-16-22(34)12-14-26(24)35-31(27)30/h3-16,27-28,35-36H,1-2H3. The van der Waals surface area contributed by atoms with Gasteiger partial charge >= 0.3 is 0 Å². The van der Waals surface area contributed by atoms with E-state index in [1.165, 1.54) is 66.6 Å². The topological polar surface area (TPSA) is 31.6 Å². The van der Waals surface area contributed by atoms with Crippen LogP contribution >= 0.6 is 31.9 Å². The van der Waals surface area contributed by atoms with Gasteiger partial charge in [0.05, 0.1) is 11.8 Å². The van der Waals surface area contributed by atoms with E-state index in [-0.39, 0.29) is 11.8 Å². The molecule has 0 radical (unpaired) electrons. The van der Waals surface area contributed by atoms with Crippen molar-refractivity contribution in [1.82, 2.24) is 9.97 Å².